The van der Waals surface area contributed by atoms with Gasteiger partial charge in [-0.2, -0.15) is 5.10 Å². The third-order valence-corrected chi connectivity index (χ3v) is 3.69. The number of carbonyl (C=O) groups is 1. The van der Waals surface area contributed by atoms with Crippen molar-refractivity contribution in [1.29, 1.82) is 0 Å². The van der Waals surface area contributed by atoms with Crippen LogP contribution in [0.3, 0.4) is 0 Å². The molecule has 2 rings (SSSR count). The summed E-state index contributed by atoms with van der Waals surface area (Å²) in [6.45, 7) is 8.17. The fourth-order valence-corrected chi connectivity index (χ4v) is 2.46. The highest BCUT2D eigenvalue weighted by molar-refractivity contribution is 5.92. The number of hydrogen-bond donors (Lipinski definition) is 1. The van der Waals surface area contributed by atoms with E-state index in [0.29, 0.717) is 5.69 Å². The third kappa shape index (κ3) is 2.68. The predicted molar refractivity (Wildman–Crippen MR) is 66.8 cm³/mol. The summed E-state index contributed by atoms with van der Waals surface area (Å²) in [6, 6.07) is 1.82. The molecule has 0 aliphatic carbocycles. The molecule has 0 unspecified atom stereocenters. The normalized spacial score (nSPS) is 17.8. The summed E-state index contributed by atoms with van der Waals surface area (Å²) < 4.78 is 0. The number of carbonyl (C=O) groups excluding carboxylic acids is 1. The maximum Gasteiger partial charge on any atom is 0.274 e. The van der Waals surface area contributed by atoms with E-state index in [1.165, 1.54) is 0 Å². The summed E-state index contributed by atoms with van der Waals surface area (Å²) in [5.74, 6) is 1.55. The molecule has 0 radical (unpaired) electrons. The Morgan fingerprint density at radius 3 is 2.59 bits per heavy atom. The summed E-state index contributed by atoms with van der Waals surface area (Å²) in [7, 11) is 0. The Kier molecular flexibility index (Phi) is 3.50. The van der Waals surface area contributed by atoms with Gasteiger partial charge in [-0.3, -0.25) is 9.89 Å². The molecular weight excluding hydrogens is 214 g/mol. The lowest BCUT2D eigenvalue weighted by Gasteiger charge is -2.33. The first kappa shape index (κ1) is 12.1. The van der Waals surface area contributed by atoms with Crippen molar-refractivity contribution in [3.8, 4) is 0 Å². The molecule has 0 aromatic carbocycles. The van der Waals surface area contributed by atoms with E-state index in [1.807, 2.05) is 17.9 Å². The summed E-state index contributed by atoms with van der Waals surface area (Å²) in [4.78, 5) is 14.1. The minimum absolute atomic E-state index is 0.0663. The lowest BCUT2D eigenvalue weighted by Crippen LogP contribution is -2.39. The van der Waals surface area contributed by atoms with E-state index < -0.39 is 0 Å². The van der Waals surface area contributed by atoms with Crippen molar-refractivity contribution in [2.24, 2.45) is 11.8 Å². The number of likely N-dealkylation sites (tertiary alicyclic amines) is 1. The van der Waals surface area contributed by atoms with Crippen molar-refractivity contribution >= 4 is 5.91 Å². The Bertz CT molecular complexity index is 389. The molecule has 0 bridgehead atoms. The second kappa shape index (κ2) is 4.90. The molecule has 1 amide bonds. The quantitative estimate of drug-likeness (QED) is 0.854. The van der Waals surface area contributed by atoms with Crippen molar-refractivity contribution in [3.05, 3.63) is 17.5 Å². The highest BCUT2D eigenvalue weighted by atomic mass is 16.2. The van der Waals surface area contributed by atoms with Crippen LogP contribution in [0.2, 0.25) is 0 Å². The molecule has 17 heavy (non-hydrogen) atoms. The van der Waals surface area contributed by atoms with Crippen molar-refractivity contribution < 1.29 is 4.79 Å². The molecular formula is C13H21N3O. The van der Waals surface area contributed by atoms with Crippen molar-refractivity contribution in [2.45, 2.75) is 33.6 Å². The Labute approximate surface area is 102 Å². The summed E-state index contributed by atoms with van der Waals surface area (Å²) >= 11 is 0. The molecule has 1 fully saturated rings. The topological polar surface area (TPSA) is 49.0 Å². The molecule has 4 nitrogen and oxygen atoms in total. The lowest BCUT2D eigenvalue weighted by atomic mass is 9.86. The standard InChI is InChI=1S/C13H21N3O/c1-9(2)11-4-6-16(7-5-11)13(17)12-8-10(3)14-15-12/h8-9,11H,4-7H2,1-3H3,(H,14,15). The molecule has 1 N–H and O–H groups in total. The minimum Gasteiger partial charge on any atom is -0.337 e. The molecule has 0 atom stereocenters. The smallest absolute Gasteiger partial charge is 0.274 e. The number of aromatic amines is 1. The zero-order valence-electron chi connectivity index (χ0n) is 10.9. The van der Waals surface area contributed by atoms with Gasteiger partial charge in [0.15, 0.2) is 0 Å². The van der Waals surface area contributed by atoms with Crippen LogP contribution in [-0.2, 0) is 0 Å². The average molecular weight is 235 g/mol. The van der Waals surface area contributed by atoms with Gasteiger partial charge in [0.2, 0.25) is 0 Å². The van der Waals surface area contributed by atoms with Gasteiger partial charge in [0.05, 0.1) is 0 Å². The van der Waals surface area contributed by atoms with Gasteiger partial charge in [-0.25, -0.2) is 0 Å². The number of piperidine rings is 1. The predicted octanol–water partition coefficient (Wildman–Crippen LogP) is 2.23. The molecule has 1 aromatic heterocycles. The number of aromatic nitrogens is 2. The molecule has 0 spiro atoms. The largest absolute Gasteiger partial charge is 0.337 e. The van der Waals surface area contributed by atoms with Gasteiger partial charge >= 0.3 is 0 Å². The third-order valence-electron chi connectivity index (χ3n) is 3.69. The second-order valence-electron chi connectivity index (χ2n) is 5.31. The number of rotatable bonds is 2. The second-order valence-corrected chi connectivity index (χ2v) is 5.31. The number of H-pyrrole nitrogens is 1. The van der Waals surface area contributed by atoms with E-state index in [2.05, 4.69) is 24.0 Å². The maximum absolute atomic E-state index is 12.1. The summed E-state index contributed by atoms with van der Waals surface area (Å²) in [5.41, 5.74) is 1.48. The monoisotopic (exact) mass is 235 g/mol. The first-order valence-electron chi connectivity index (χ1n) is 6.39. The molecule has 2 heterocycles. The van der Waals surface area contributed by atoms with E-state index in [-0.39, 0.29) is 5.91 Å². The van der Waals surface area contributed by atoms with Gasteiger partial charge in [-0.15, -0.1) is 0 Å². The average Bonchev–Trinajstić information content (AvgIpc) is 2.75. The van der Waals surface area contributed by atoms with Crippen LogP contribution in [0.25, 0.3) is 0 Å². The van der Waals surface area contributed by atoms with Gasteiger partial charge < -0.3 is 4.90 Å². The van der Waals surface area contributed by atoms with Gasteiger partial charge in [-0.1, -0.05) is 13.8 Å². The zero-order valence-corrected chi connectivity index (χ0v) is 10.9. The number of aryl methyl sites for hydroxylation is 1. The zero-order chi connectivity index (χ0) is 12.4. The highest BCUT2D eigenvalue weighted by Gasteiger charge is 2.26. The van der Waals surface area contributed by atoms with Crippen LogP contribution in [0.1, 0.15) is 42.9 Å². The van der Waals surface area contributed by atoms with Gasteiger partial charge in [0.25, 0.3) is 5.91 Å². The van der Waals surface area contributed by atoms with Gasteiger partial charge in [0.1, 0.15) is 5.69 Å². The summed E-state index contributed by atoms with van der Waals surface area (Å²) in [5, 5.41) is 6.85. The van der Waals surface area contributed by atoms with Crippen LogP contribution >= 0.6 is 0 Å². The SMILES string of the molecule is Cc1cc(C(=O)N2CCC(C(C)C)CC2)n[nH]1. The van der Waals surface area contributed by atoms with Crippen LogP contribution in [0.15, 0.2) is 6.07 Å². The fourth-order valence-electron chi connectivity index (χ4n) is 2.46. The Morgan fingerprint density at radius 1 is 1.47 bits per heavy atom. The Hall–Kier alpha value is -1.32. The Morgan fingerprint density at radius 2 is 2.12 bits per heavy atom. The highest BCUT2D eigenvalue weighted by Crippen LogP contribution is 2.25. The Balaban J connectivity index is 1.95. The summed E-state index contributed by atoms with van der Waals surface area (Å²) in [6.07, 6.45) is 2.24. The number of nitrogens with zero attached hydrogens (tertiary/aromatic N) is 2. The van der Waals surface area contributed by atoms with Crippen LogP contribution < -0.4 is 0 Å². The number of hydrogen-bond acceptors (Lipinski definition) is 2. The molecule has 94 valence electrons. The molecule has 1 aliphatic heterocycles. The first-order chi connectivity index (χ1) is 8.08. The van der Waals surface area contributed by atoms with Crippen LogP contribution in [0, 0.1) is 18.8 Å². The molecule has 0 saturated carbocycles. The van der Waals surface area contributed by atoms with Crippen molar-refractivity contribution in [3.63, 3.8) is 0 Å². The molecule has 1 aromatic rings. The van der Waals surface area contributed by atoms with Gasteiger partial charge in [0, 0.05) is 18.8 Å². The maximum atomic E-state index is 12.1. The van der Waals surface area contributed by atoms with Crippen molar-refractivity contribution in [2.75, 3.05) is 13.1 Å². The van der Waals surface area contributed by atoms with Crippen LogP contribution in [-0.4, -0.2) is 34.1 Å². The minimum atomic E-state index is 0.0663. The first-order valence-corrected chi connectivity index (χ1v) is 6.39. The number of amides is 1. The van der Waals surface area contributed by atoms with E-state index in [0.717, 1.165) is 43.5 Å². The van der Waals surface area contributed by atoms with E-state index in [1.54, 1.807) is 0 Å². The lowest BCUT2D eigenvalue weighted by molar-refractivity contribution is 0.0662. The molecule has 1 aliphatic rings. The van der Waals surface area contributed by atoms with E-state index in [4.69, 9.17) is 0 Å². The van der Waals surface area contributed by atoms with Crippen LogP contribution in [0.5, 0.6) is 0 Å². The van der Waals surface area contributed by atoms with Crippen molar-refractivity contribution in [1.82, 2.24) is 15.1 Å². The van der Waals surface area contributed by atoms with Crippen LogP contribution in [0.4, 0.5) is 0 Å². The number of nitrogens with one attached hydrogen (secondary N) is 1. The molecule has 1 saturated heterocycles. The molecule has 4 heteroatoms. The van der Waals surface area contributed by atoms with E-state index in [9.17, 15) is 4.79 Å². The fraction of sp³-hybridized carbons (Fsp3) is 0.692. The van der Waals surface area contributed by atoms with E-state index >= 15 is 0 Å². The van der Waals surface area contributed by atoms with Gasteiger partial charge in [-0.05, 0) is 37.7 Å².